The van der Waals surface area contributed by atoms with E-state index in [-0.39, 0.29) is 0 Å². The fourth-order valence-electron chi connectivity index (χ4n) is 2.01. The molecule has 2 heterocycles. The number of nitrogens with zero attached hydrogens (tertiary/aromatic N) is 2. The highest BCUT2D eigenvalue weighted by Gasteiger charge is 2.16. The third-order valence-electron chi connectivity index (χ3n) is 2.92. The first kappa shape index (κ1) is 12.6. The normalized spacial score (nSPS) is 20.4. The van der Waals surface area contributed by atoms with Crippen LogP contribution in [0.1, 0.15) is 18.4 Å². The predicted molar refractivity (Wildman–Crippen MR) is 70.3 cm³/mol. The third-order valence-corrected chi connectivity index (χ3v) is 4.05. The minimum atomic E-state index is 0.355. The van der Waals surface area contributed by atoms with E-state index in [1.54, 1.807) is 4.68 Å². The van der Waals surface area contributed by atoms with E-state index in [0.717, 1.165) is 24.3 Å². The molecule has 0 amide bonds. The molecule has 2 rings (SSSR count). The first-order valence-corrected chi connectivity index (χ1v) is 7.20. The van der Waals surface area contributed by atoms with Crippen LogP contribution in [0.15, 0.2) is 12.4 Å². The first-order valence-electron chi connectivity index (χ1n) is 6.04. The summed E-state index contributed by atoms with van der Waals surface area (Å²) in [6.07, 6.45) is 5.93. The van der Waals surface area contributed by atoms with Gasteiger partial charge in [0.2, 0.25) is 0 Å². The van der Waals surface area contributed by atoms with E-state index >= 15 is 0 Å². The Bertz CT molecular complexity index is 372. The van der Waals surface area contributed by atoms with Gasteiger partial charge in [0, 0.05) is 50.2 Å². The van der Waals surface area contributed by atoms with E-state index in [0.29, 0.717) is 24.7 Å². The molecule has 5 heteroatoms. The average molecular weight is 253 g/mol. The van der Waals surface area contributed by atoms with E-state index in [2.05, 4.69) is 10.4 Å². The SMILES string of the molecule is Cn1cc(CCC(=O)CC2CSCCN2)cn1. The van der Waals surface area contributed by atoms with Gasteiger partial charge < -0.3 is 5.32 Å². The van der Waals surface area contributed by atoms with Crippen LogP contribution in [0.25, 0.3) is 0 Å². The third kappa shape index (κ3) is 4.16. The van der Waals surface area contributed by atoms with Gasteiger partial charge in [0.1, 0.15) is 5.78 Å². The van der Waals surface area contributed by atoms with Crippen molar-refractivity contribution in [2.45, 2.75) is 25.3 Å². The zero-order chi connectivity index (χ0) is 12.1. The number of nitrogens with one attached hydrogen (secondary N) is 1. The van der Waals surface area contributed by atoms with E-state index in [9.17, 15) is 4.79 Å². The molecule has 94 valence electrons. The molecule has 0 spiro atoms. The Morgan fingerprint density at radius 3 is 3.24 bits per heavy atom. The van der Waals surface area contributed by atoms with Crippen LogP contribution < -0.4 is 5.32 Å². The highest BCUT2D eigenvalue weighted by Crippen LogP contribution is 2.12. The molecular weight excluding hydrogens is 234 g/mol. The largest absolute Gasteiger partial charge is 0.312 e. The van der Waals surface area contributed by atoms with Gasteiger partial charge in [-0.3, -0.25) is 9.48 Å². The van der Waals surface area contributed by atoms with Gasteiger partial charge in [0.25, 0.3) is 0 Å². The number of ketones is 1. The number of aromatic nitrogens is 2. The Hall–Kier alpha value is -0.810. The van der Waals surface area contributed by atoms with E-state index in [4.69, 9.17) is 0 Å². The minimum Gasteiger partial charge on any atom is -0.312 e. The predicted octanol–water partition coefficient (Wildman–Crippen LogP) is 1.02. The lowest BCUT2D eigenvalue weighted by Gasteiger charge is -2.22. The number of aryl methyl sites for hydroxylation is 2. The summed E-state index contributed by atoms with van der Waals surface area (Å²) in [5, 5.41) is 7.49. The molecule has 1 aromatic rings. The van der Waals surface area contributed by atoms with Crippen molar-refractivity contribution < 1.29 is 4.79 Å². The summed E-state index contributed by atoms with van der Waals surface area (Å²) < 4.78 is 1.78. The highest BCUT2D eigenvalue weighted by atomic mass is 32.2. The van der Waals surface area contributed by atoms with Crippen molar-refractivity contribution >= 4 is 17.5 Å². The molecule has 0 bridgehead atoms. The van der Waals surface area contributed by atoms with Crippen LogP contribution in [-0.2, 0) is 18.3 Å². The second kappa shape index (κ2) is 6.21. The van der Waals surface area contributed by atoms with Gasteiger partial charge in [-0.05, 0) is 12.0 Å². The molecule has 0 aromatic carbocycles. The highest BCUT2D eigenvalue weighted by molar-refractivity contribution is 7.99. The van der Waals surface area contributed by atoms with Gasteiger partial charge in [-0.15, -0.1) is 0 Å². The van der Waals surface area contributed by atoms with Crippen LogP contribution in [0.3, 0.4) is 0 Å². The molecule has 1 aliphatic rings. The second-order valence-corrected chi connectivity index (χ2v) is 5.64. The molecule has 1 unspecified atom stereocenters. The molecule has 4 nitrogen and oxygen atoms in total. The molecule has 0 radical (unpaired) electrons. The van der Waals surface area contributed by atoms with Gasteiger partial charge in [-0.25, -0.2) is 0 Å². The summed E-state index contributed by atoms with van der Waals surface area (Å²) in [5.74, 6) is 2.59. The summed E-state index contributed by atoms with van der Waals surface area (Å²) in [7, 11) is 1.90. The maximum Gasteiger partial charge on any atom is 0.134 e. The van der Waals surface area contributed by atoms with Crippen LogP contribution in [0.4, 0.5) is 0 Å². The molecule has 1 aliphatic heterocycles. The monoisotopic (exact) mass is 253 g/mol. The van der Waals surface area contributed by atoms with Crippen LogP contribution in [0.5, 0.6) is 0 Å². The molecule has 0 aliphatic carbocycles. The average Bonchev–Trinajstić information content (AvgIpc) is 2.74. The number of thioether (sulfide) groups is 1. The van der Waals surface area contributed by atoms with Crippen LogP contribution in [0.2, 0.25) is 0 Å². The quantitative estimate of drug-likeness (QED) is 0.851. The Morgan fingerprint density at radius 1 is 1.71 bits per heavy atom. The number of hydrogen-bond donors (Lipinski definition) is 1. The first-order chi connectivity index (χ1) is 8.24. The van der Waals surface area contributed by atoms with E-state index in [1.807, 2.05) is 31.2 Å². The van der Waals surface area contributed by atoms with Gasteiger partial charge in [0.15, 0.2) is 0 Å². The summed E-state index contributed by atoms with van der Waals surface area (Å²) in [6.45, 7) is 1.03. The van der Waals surface area contributed by atoms with Crippen LogP contribution in [-0.4, -0.2) is 39.7 Å². The molecule has 1 saturated heterocycles. The number of carbonyl (C=O) groups is 1. The minimum absolute atomic E-state index is 0.355. The lowest BCUT2D eigenvalue weighted by molar-refractivity contribution is -0.119. The molecule has 1 atom stereocenters. The number of Topliss-reactive ketones (excluding diaryl/α,β-unsaturated/α-hetero) is 1. The Balaban J connectivity index is 1.70. The molecular formula is C12H19N3OS. The fourth-order valence-corrected chi connectivity index (χ4v) is 2.96. The van der Waals surface area contributed by atoms with Crippen molar-refractivity contribution in [1.29, 1.82) is 0 Å². The molecule has 1 aromatic heterocycles. The number of hydrogen-bond acceptors (Lipinski definition) is 4. The van der Waals surface area contributed by atoms with Gasteiger partial charge in [-0.2, -0.15) is 16.9 Å². The van der Waals surface area contributed by atoms with Crippen molar-refractivity contribution in [3.63, 3.8) is 0 Å². The van der Waals surface area contributed by atoms with Crippen LogP contribution >= 0.6 is 11.8 Å². The van der Waals surface area contributed by atoms with E-state index in [1.165, 1.54) is 5.75 Å². The maximum absolute atomic E-state index is 11.8. The van der Waals surface area contributed by atoms with Crippen molar-refractivity contribution in [1.82, 2.24) is 15.1 Å². The van der Waals surface area contributed by atoms with Crippen molar-refractivity contribution in [3.8, 4) is 0 Å². The Morgan fingerprint density at radius 2 is 2.59 bits per heavy atom. The Labute approximate surface area is 106 Å². The zero-order valence-electron chi connectivity index (χ0n) is 10.2. The molecule has 0 saturated carbocycles. The topological polar surface area (TPSA) is 46.9 Å². The molecule has 1 fully saturated rings. The standard InChI is InChI=1S/C12H19N3OS/c1-15-8-10(7-14-15)2-3-12(16)6-11-9-17-5-4-13-11/h7-8,11,13H,2-6,9H2,1H3. The number of rotatable bonds is 5. The fraction of sp³-hybridized carbons (Fsp3) is 0.667. The summed E-state index contributed by atoms with van der Waals surface area (Å²) in [6, 6.07) is 0.384. The summed E-state index contributed by atoms with van der Waals surface area (Å²) >= 11 is 1.93. The molecule has 17 heavy (non-hydrogen) atoms. The summed E-state index contributed by atoms with van der Waals surface area (Å²) in [4.78, 5) is 11.8. The maximum atomic E-state index is 11.8. The second-order valence-electron chi connectivity index (χ2n) is 4.49. The van der Waals surface area contributed by atoms with Gasteiger partial charge >= 0.3 is 0 Å². The zero-order valence-corrected chi connectivity index (χ0v) is 11.0. The van der Waals surface area contributed by atoms with Crippen molar-refractivity contribution in [3.05, 3.63) is 18.0 Å². The Kier molecular flexibility index (Phi) is 4.62. The summed E-state index contributed by atoms with van der Waals surface area (Å²) in [5.41, 5.74) is 1.15. The van der Waals surface area contributed by atoms with Crippen LogP contribution in [0, 0.1) is 0 Å². The van der Waals surface area contributed by atoms with E-state index < -0.39 is 0 Å². The number of carbonyl (C=O) groups excluding carboxylic acids is 1. The van der Waals surface area contributed by atoms with Gasteiger partial charge in [0.05, 0.1) is 6.20 Å². The van der Waals surface area contributed by atoms with Gasteiger partial charge in [-0.1, -0.05) is 0 Å². The lowest BCUT2D eigenvalue weighted by atomic mass is 10.1. The van der Waals surface area contributed by atoms with Crippen molar-refractivity contribution in [2.75, 3.05) is 18.1 Å². The smallest absolute Gasteiger partial charge is 0.134 e. The molecule has 1 N–H and O–H groups in total. The van der Waals surface area contributed by atoms with Crippen molar-refractivity contribution in [2.24, 2.45) is 7.05 Å². The lowest BCUT2D eigenvalue weighted by Crippen LogP contribution is -2.38.